The monoisotopic (exact) mass is 347 g/mol. The average molecular weight is 347 g/mol. The van der Waals surface area contributed by atoms with Crippen molar-refractivity contribution in [2.24, 2.45) is 0 Å². The first-order valence-electron chi connectivity index (χ1n) is 8.19. The van der Waals surface area contributed by atoms with Gasteiger partial charge in [0.1, 0.15) is 5.75 Å². The predicted molar refractivity (Wildman–Crippen MR) is 96.9 cm³/mol. The van der Waals surface area contributed by atoms with E-state index >= 15 is 0 Å². The molecule has 2 rings (SSSR count). The summed E-state index contributed by atoms with van der Waals surface area (Å²) in [6.07, 6.45) is 1.67. The van der Waals surface area contributed by atoms with Crippen LogP contribution in [0.25, 0.3) is 0 Å². The van der Waals surface area contributed by atoms with Crippen molar-refractivity contribution >= 4 is 10.0 Å². The van der Waals surface area contributed by atoms with E-state index in [1.165, 1.54) is 5.56 Å². The summed E-state index contributed by atoms with van der Waals surface area (Å²) in [6.45, 7) is 5.92. The summed E-state index contributed by atoms with van der Waals surface area (Å²) in [7, 11) is -2.00. The second-order valence-electron chi connectivity index (χ2n) is 5.77. The van der Waals surface area contributed by atoms with E-state index < -0.39 is 10.0 Å². The van der Waals surface area contributed by atoms with Crippen molar-refractivity contribution in [3.63, 3.8) is 0 Å². The van der Waals surface area contributed by atoms with Crippen molar-refractivity contribution in [1.29, 1.82) is 0 Å². The minimum Gasteiger partial charge on any atom is -0.496 e. The number of nitrogens with one attached hydrogen (secondary N) is 1. The van der Waals surface area contributed by atoms with Crippen LogP contribution in [0.15, 0.2) is 47.4 Å². The van der Waals surface area contributed by atoms with Gasteiger partial charge in [-0.25, -0.2) is 13.1 Å². The van der Waals surface area contributed by atoms with Crippen LogP contribution in [0.1, 0.15) is 43.5 Å². The molecule has 0 bridgehead atoms. The zero-order valence-electron chi connectivity index (χ0n) is 14.7. The summed E-state index contributed by atoms with van der Waals surface area (Å²) in [4.78, 5) is 0.261. The van der Waals surface area contributed by atoms with Gasteiger partial charge < -0.3 is 4.74 Å². The molecule has 0 saturated carbocycles. The molecule has 0 aliphatic heterocycles. The Labute approximate surface area is 144 Å². The summed E-state index contributed by atoms with van der Waals surface area (Å²) < 4.78 is 33.3. The molecule has 0 spiro atoms. The lowest BCUT2D eigenvalue weighted by atomic mass is 10.1. The molecule has 0 radical (unpaired) electrons. The largest absolute Gasteiger partial charge is 0.496 e. The second kappa shape index (κ2) is 7.81. The van der Waals surface area contributed by atoms with E-state index in [1.54, 1.807) is 25.3 Å². The van der Waals surface area contributed by atoms with Crippen LogP contribution >= 0.6 is 0 Å². The molecule has 24 heavy (non-hydrogen) atoms. The van der Waals surface area contributed by atoms with Gasteiger partial charge in [0.15, 0.2) is 0 Å². The van der Waals surface area contributed by atoms with E-state index in [1.807, 2.05) is 38.1 Å². The molecule has 5 heteroatoms. The van der Waals surface area contributed by atoms with Gasteiger partial charge in [-0.1, -0.05) is 38.1 Å². The van der Waals surface area contributed by atoms with Gasteiger partial charge >= 0.3 is 0 Å². The molecule has 1 unspecified atom stereocenters. The molecular weight excluding hydrogens is 322 g/mol. The Hall–Kier alpha value is -1.85. The molecule has 0 aromatic heterocycles. The minimum atomic E-state index is -3.59. The maximum atomic E-state index is 12.7. The maximum absolute atomic E-state index is 12.7. The highest BCUT2D eigenvalue weighted by molar-refractivity contribution is 7.89. The van der Waals surface area contributed by atoms with Crippen LogP contribution in [0.4, 0.5) is 0 Å². The maximum Gasteiger partial charge on any atom is 0.241 e. The van der Waals surface area contributed by atoms with Gasteiger partial charge in [0.2, 0.25) is 10.0 Å². The zero-order valence-corrected chi connectivity index (χ0v) is 15.5. The molecular formula is C19H25NO3S. The zero-order chi connectivity index (χ0) is 17.7. The first-order valence-corrected chi connectivity index (χ1v) is 9.67. The first kappa shape index (κ1) is 18.5. The van der Waals surface area contributed by atoms with E-state index in [0.29, 0.717) is 12.2 Å². The fraction of sp³-hybridized carbons (Fsp3) is 0.368. The van der Waals surface area contributed by atoms with E-state index in [0.717, 1.165) is 17.5 Å². The van der Waals surface area contributed by atoms with Crippen molar-refractivity contribution in [3.8, 4) is 5.75 Å². The number of methoxy groups -OCH3 is 1. The average Bonchev–Trinajstić information content (AvgIpc) is 2.60. The van der Waals surface area contributed by atoms with Crippen molar-refractivity contribution < 1.29 is 13.2 Å². The lowest BCUT2D eigenvalue weighted by Crippen LogP contribution is -2.27. The molecule has 1 atom stereocenters. The van der Waals surface area contributed by atoms with Crippen molar-refractivity contribution in [2.45, 2.75) is 44.6 Å². The Morgan fingerprint density at radius 1 is 1.04 bits per heavy atom. The predicted octanol–water partition coefficient (Wildman–Crippen LogP) is 3.86. The highest BCUT2D eigenvalue weighted by atomic mass is 32.2. The van der Waals surface area contributed by atoms with Gasteiger partial charge in [-0.15, -0.1) is 0 Å². The second-order valence-corrected chi connectivity index (χ2v) is 7.48. The summed E-state index contributed by atoms with van der Waals surface area (Å²) >= 11 is 0. The van der Waals surface area contributed by atoms with Crippen LogP contribution in [-0.2, 0) is 22.9 Å². The molecule has 130 valence electrons. The molecule has 0 saturated heterocycles. The van der Waals surface area contributed by atoms with Gasteiger partial charge in [-0.2, -0.15) is 0 Å². The normalized spacial score (nSPS) is 12.8. The van der Waals surface area contributed by atoms with Gasteiger partial charge in [-0.05, 0) is 54.7 Å². The quantitative estimate of drug-likeness (QED) is 0.827. The third-order valence-electron chi connectivity index (χ3n) is 4.16. The molecule has 0 fully saturated rings. The molecule has 2 aromatic rings. The van der Waals surface area contributed by atoms with Gasteiger partial charge in [0.05, 0.1) is 12.0 Å². The lowest BCUT2D eigenvalue weighted by Gasteiger charge is -2.16. The van der Waals surface area contributed by atoms with Crippen LogP contribution < -0.4 is 9.46 Å². The third kappa shape index (κ3) is 4.16. The lowest BCUT2D eigenvalue weighted by molar-refractivity contribution is 0.409. The van der Waals surface area contributed by atoms with Crippen molar-refractivity contribution in [3.05, 3.63) is 59.2 Å². The number of hydrogen-bond acceptors (Lipinski definition) is 3. The Morgan fingerprint density at radius 2 is 1.71 bits per heavy atom. The van der Waals surface area contributed by atoms with Gasteiger partial charge in [0.25, 0.3) is 0 Å². The standard InChI is InChI=1S/C19H25NO3S/c1-5-15-7-9-17(10-8-15)14(3)20-24(21,22)18-11-12-19(23-4)16(6-2)13-18/h7-14,20H,5-6H2,1-4H3. The highest BCUT2D eigenvalue weighted by Gasteiger charge is 2.19. The van der Waals surface area contributed by atoms with E-state index in [9.17, 15) is 8.42 Å². The molecule has 2 aromatic carbocycles. The minimum absolute atomic E-state index is 0.261. The first-order chi connectivity index (χ1) is 11.4. The number of ether oxygens (including phenoxy) is 1. The van der Waals surface area contributed by atoms with Gasteiger partial charge in [-0.3, -0.25) is 0 Å². The topological polar surface area (TPSA) is 55.4 Å². The Morgan fingerprint density at radius 3 is 2.25 bits per heavy atom. The molecule has 1 N–H and O–H groups in total. The highest BCUT2D eigenvalue weighted by Crippen LogP contribution is 2.24. The summed E-state index contributed by atoms with van der Waals surface area (Å²) in [6, 6.07) is 12.7. The SMILES string of the molecule is CCc1ccc(C(C)NS(=O)(=O)c2ccc(OC)c(CC)c2)cc1. The van der Waals surface area contributed by atoms with Crippen LogP contribution in [0.3, 0.4) is 0 Å². The number of rotatable bonds is 7. The summed E-state index contributed by atoms with van der Waals surface area (Å²) in [5.74, 6) is 0.708. The summed E-state index contributed by atoms with van der Waals surface area (Å²) in [5.41, 5.74) is 3.05. The van der Waals surface area contributed by atoms with E-state index in [2.05, 4.69) is 11.6 Å². The van der Waals surface area contributed by atoms with Crippen LogP contribution in [0.2, 0.25) is 0 Å². The van der Waals surface area contributed by atoms with Crippen LogP contribution in [-0.4, -0.2) is 15.5 Å². The molecule has 0 heterocycles. The molecule has 0 amide bonds. The number of benzene rings is 2. The third-order valence-corrected chi connectivity index (χ3v) is 5.70. The van der Waals surface area contributed by atoms with E-state index in [-0.39, 0.29) is 10.9 Å². The van der Waals surface area contributed by atoms with E-state index in [4.69, 9.17) is 4.74 Å². The molecule has 4 nitrogen and oxygen atoms in total. The number of hydrogen-bond donors (Lipinski definition) is 1. The fourth-order valence-electron chi connectivity index (χ4n) is 2.61. The number of sulfonamides is 1. The Balaban J connectivity index is 2.23. The molecule has 0 aliphatic carbocycles. The Bertz CT molecular complexity index is 783. The summed E-state index contributed by atoms with van der Waals surface area (Å²) in [5, 5.41) is 0. The van der Waals surface area contributed by atoms with Crippen LogP contribution in [0, 0.1) is 0 Å². The van der Waals surface area contributed by atoms with Gasteiger partial charge in [0, 0.05) is 6.04 Å². The number of aryl methyl sites for hydroxylation is 2. The Kier molecular flexibility index (Phi) is 6.02. The van der Waals surface area contributed by atoms with Crippen molar-refractivity contribution in [1.82, 2.24) is 4.72 Å². The van der Waals surface area contributed by atoms with Crippen molar-refractivity contribution in [2.75, 3.05) is 7.11 Å². The fourth-order valence-corrected chi connectivity index (χ4v) is 3.89. The smallest absolute Gasteiger partial charge is 0.241 e. The molecule has 0 aliphatic rings. The van der Waals surface area contributed by atoms with Crippen LogP contribution in [0.5, 0.6) is 5.75 Å².